The van der Waals surface area contributed by atoms with Crippen molar-refractivity contribution in [3.05, 3.63) is 65.6 Å². The molecule has 4 heterocycles. The second-order valence-corrected chi connectivity index (χ2v) is 8.06. The number of amides is 1. The molecule has 2 aliphatic rings. The molecule has 2 aliphatic heterocycles. The van der Waals surface area contributed by atoms with Crippen LogP contribution in [0.15, 0.2) is 48.8 Å². The van der Waals surface area contributed by atoms with Crippen LogP contribution in [-0.4, -0.2) is 46.6 Å². The number of hydrogen-bond acceptors (Lipinski definition) is 6. The minimum Gasteiger partial charge on any atom is -0.490 e. The molecule has 1 N–H and O–H groups in total. The monoisotopic (exact) mass is 415 g/mol. The first-order valence-corrected chi connectivity index (χ1v) is 10.7. The topological polar surface area (TPSA) is 80.2 Å². The molecular weight excluding hydrogens is 390 g/mol. The molecule has 158 valence electrons. The number of aromatic nitrogens is 3. The van der Waals surface area contributed by atoms with E-state index in [-0.39, 0.29) is 12.0 Å². The number of ether oxygens (including phenoxy) is 1. The first-order valence-electron chi connectivity index (χ1n) is 10.7. The van der Waals surface area contributed by atoms with Crippen LogP contribution in [0.2, 0.25) is 0 Å². The Morgan fingerprint density at radius 3 is 2.65 bits per heavy atom. The lowest BCUT2D eigenvalue weighted by molar-refractivity contribution is 0.0940. The largest absolute Gasteiger partial charge is 0.490 e. The molecule has 1 saturated heterocycles. The van der Waals surface area contributed by atoms with E-state index < -0.39 is 0 Å². The fourth-order valence-electron chi connectivity index (χ4n) is 4.16. The number of piperidine rings is 1. The molecule has 0 saturated carbocycles. The zero-order valence-electron chi connectivity index (χ0n) is 17.5. The minimum atomic E-state index is -0.132. The molecule has 5 rings (SSSR count). The van der Waals surface area contributed by atoms with Crippen LogP contribution in [-0.2, 0) is 6.42 Å². The summed E-state index contributed by atoms with van der Waals surface area (Å²) in [6, 6.07) is 12.0. The van der Waals surface area contributed by atoms with Gasteiger partial charge in [-0.05, 0) is 37.6 Å². The molecule has 7 nitrogen and oxygen atoms in total. The number of aryl methyl sites for hydroxylation is 1. The maximum absolute atomic E-state index is 12.5. The van der Waals surface area contributed by atoms with E-state index in [0.717, 1.165) is 55.0 Å². The van der Waals surface area contributed by atoms with Gasteiger partial charge in [-0.15, -0.1) is 0 Å². The Bertz CT molecular complexity index is 1080. The standard InChI is InChI=1S/C24H25N5O2/c1-16-4-6-18(7-5-16)31-19-9-13-29(14-10-19)23-20-8-12-26-24(30)21(20)27-22(28-23)17-3-2-11-25-15-17/h2-7,11,15,19H,8-10,12-14H2,1H3,(H,26,30). The van der Waals surface area contributed by atoms with Gasteiger partial charge in [0.2, 0.25) is 0 Å². The number of nitrogens with one attached hydrogen (secondary N) is 1. The lowest BCUT2D eigenvalue weighted by atomic mass is 10.0. The van der Waals surface area contributed by atoms with Crippen LogP contribution in [0.5, 0.6) is 5.75 Å². The molecule has 0 atom stereocenters. The van der Waals surface area contributed by atoms with Gasteiger partial charge in [-0.1, -0.05) is 17.7 Å². The molecule has 1 aromatic carbocycles. The van der Waals surface area contributed by atoms with E-state index in [1.165, 1.54) is 5.56 Å². The summed E-state index contributed by atoms with van der Waals surface area (Å²) < 4.78 is 6.19. The van der Waals surface area contributed by atoms with Crippen molar-refractivity contribution in [2.24, 2.45) is 0 Å². The quantitative estimate of drug-likeness (QED) is 0.705. The predicted octanol–water partition coefficient (Wildman–Crippen LogP) is 3.18. The Hall–Kier alpha value is -3.48. The molecule has 1 fully saturated rings. The van der Waals surface area contributed by atoms with E-state index in [1.54, 1.807) is 12.4 Å². The van der Waals surface area contributed by atoms with Crippen molar-refractivity contribution < 1.29 is 9.53 Å². The maximum Gasteiger partial charge on any atom is 0.270 e. The Morgan fingerprint density at radius 2 is 1.90 bits per heavy atom. The molecule has 0 spiro atoms. The number of carbonyl (C=O) groups is 1. The van der Waals surface area contributed by atoms with Crippen molar-refractivity contribution >= 4 is 11.7 Å². The number of nitrogens with zero attached hydrogens (tertiary/aromatic N) is 4. The predicted molar refractivity (Wildman–Crippen MR) is 118 cm³/mol. The fraction of sp³-hybridized carbons (Fsp3) is 0.333. The van der Waals surface area contributed by atoms with Gasteiger partial charge in [0.1, 0.15) is 23.4 Å². The highest BCUT2D eigenvalue weighted by molar-refractivity contribution is 5.96. The number of carbonyl (C=O) groups excluding carboxylic acids is 1. The van der Waals surface area contributed by atoms with E-state index >= 15 is 0 Å². The summed E-state index contributed by atoms with van der Waals surface area (Å²) >= 11 is 0. The summed E-state index contributed by atoms with van der Waals surface area (Å²) in [7, 11) is 0. The SMILES string of the molecule is Cc1ccc(OC2CCN(c3nc(-c4cccnc4)nc4c3CCNC4=O)CC2)cc1. The second kappa shape index (κ2) is 8.34. The van der Waals surface area contributed by atoms with Crippen molar-refractivity contribution in [3.8, 4) is 17.1 Å². The smallest absolute Gasteiger partial charge is 0.270 e. The van der Waals surface area contributed by atoms with Gasteiger partial charge < -0.3 is 15.0 Å². The summed E-state index contributed by atoms with van der Waals surface area (Å²) in [6.07, 6.45) is 6.17. The number of hydrogen-bond donors (Lipinski definition) is 1. The molecule has 1 amide bonds. The average Bonchev–Trinajstić information content (AvgIpc) is 2.81. The van der Waals surface area contributed by atoms with Crippen molar-refractivity contribution in [2.75, 3.05) is 24.5 Å². The van der Waals surface area contributed by atoms with Gasteiger partial charge in [0.15, 0.2) is 5.82 Å². The van der Waals surface area contributed by atoms with Crippen LogP contribution >= 0.6 is 0 Å². The molecule has 31 heavy (non-hydrogen) atoms. The van der Waals surface area contributed by atoms with Crippen LogP contribution in [0.1, 0.15) is 34.5 Å². The first kappa shape index (κ1) is 19.5. The Morgan fingerprint density at radius 1 is 1.10 bits per heavy atom. The zero-order valence-corrected chi connectivity index (χ0v) is 17.5. The summed E-state index contributed by atoms with van der Waals surface area (Å²) in [4.78, 5) is 28.4. The molecule has 7 heteroatoms. The molecule has 0 bridgehead atoms. The normalized spacial score (nSPS) is 16.5. The van der Waals surface area contributed by atoms with Gasteiger partial charge in [-0.3, -0.25) is 9.78 Å². The molecule has 0 aliphatic carbocycles. The third kappa shape index (κ3) is 4.08. The Kier molecular flexibility index (Phi) is 5.24. The third-order valence-corrected chi connectivity index (χ3v) is 5.85. The van der Waals surface area contributed by atoms with Crippen LogP contribution in [0, 0.1) is 6.92 Å². The number of pyridine rings is 1. The molecule has 2 aromatic heterocycles. The first-order chi connectivity index (χ1) is 15.2. The highest BCUT2D eigenvalue weighted by Crippen LogP contribution is 2.30. The molecule has 3 aromatic rings. The maximum atomic E-state index is 12.5. The van der Waals surface area contributed by atoms with Crippen LogP contribution < -0.4 is 15.0 Å². The third-order valence-electron chi connectivity index (χ3n) is 5.85. The minimum absolute atomic E-state index is 0.132. The summed E-state index contributed by atoms with van der Waals surface area (Å²) in [6.45, 7) is 4.34. The number of fused-ring (bicyclic) bond motifs is 1. The Balaban J connectivity index is 1.39. The molecule has 0 unspecified atom stereocenters. The van der Waals surface area contributed by atoms with Crippen LogP contribution in [0.3, 0.4) is 0 Å². The van der Waals surface area contributed by atoms with Crippen molar-refractivity contribution in [3.63, 3.8) is 0 Å². The van der Waals surface area contributed by atoms with E-state index in [1.807, 2.05) is 24.3 Å². The number of benzene rings is 1. The highest BCUT2D eigenvalue weighted by Gasteiger charge is 2.29. The molecule has 0 radical (unpaired) electrons. The molecular formula is C24H25N5O2. The Labute approximate surface area is 181 Å². The fourth-order valence-corrected chi connectivity index (χ4v) is 4.16. The summed E-state index contributed by atoms with van der Waals surface area (Å²) in [5, 5.41) is 2.90. The van der Waals surface area contributed by atoms with Crippen molar-refractivity contribution in [1.29, 1.82) is 0 Å². The van der Waals surface area contributed by atoms with E-state index in [0.29, 0.717) is 18.1 Å². The number of rotatable bonds is 4. The van der Waals surface area contributed by atoms with Crippen LogP contribution in [0.4, 0.5) is 5.82 Å². The van der Waals surface area contributed by atoms with Gasteiger partial charge in [0, 0.05) is 56.0 Å². The lowest BCUT2D eigenvalue weighted by Gasteiger charge is -2.35. The van der Waals surface area contributed by atoms with Gasteiger partial charge in [0.25, 0.3) is 5.91 Å². The van der Waals surface area contributed by atoms with Gasteiger partial charge in [-0.2, -0.15) is 0 Å². The van der Waals surface area contributed by atoms with Gasteiger partial charge in [0.05, 0.1) is 0 Å². The highest BCUT2D eigenvalue weighted by atomic mass is 16.5. The average molecular weight is 415 g/mol. The summed E-state index contributed by atoms with van der Waals surface area (Å²) in [5.41, 5.74) is 3.45. The van der Waals surface area contributed by atoms with E-state index in [4.69, 9.17) is 9.72 Å². The van der Waals surface area contributed by atoms with E-state index in [2.05, 4.69) is 39.2 Å². The lowest BCUT2D eigenvalue weighted by Crippen LogP contribution is -2.41. The zero-order chi connectivity index (χ0) is 21.2. The van der Waals surface area contributed by atoms with Crippen LogP contribution in [0.25, 0.3) is 11.4 Å². The van der Waals surface area contributed by atoms with Crippen molar-refractivity contribution in [2.45, 2.75) is 32.3 Å². The van der Waals surface area contributed by atoms with E-state index in [9.17, 15) is 4.79 Å². The summed E-state index contributed by atoms with van der Waals surface area (Å²) in [5.74, 6) is 2.19. The van der Waals surface area contributed by atoms with Gasteiger partial charge >= 0.3 is 0 Å². The van der Waals surface area contributed by atoms with Crippen molar-refractivity contribution in [1.82, 2.24) is 20.3 Å². The number of anilines is 1. The second-order valence-electron chi connectivity index (χ2n) is 8.06. The van der Waals surface area contributed by atoms with Gasteiger partial charge in [-0.25, -0.2) is 9.97 Å².